The Morgan fingerprint density at radius 2 is 1.94 bits per heavy atom. The number of aromatic nitrogens is 1. The summed E-state index contributed by atoms with van der Waals surface area (Å²) in [6, 6.07) is 9.82. The summed E-state index contributed by atoms with van der Waals surface area (Å²) in [5.74, 6) is -0.306. The minimum absolute atomic E-state index is 0.306. The number of rotatable bonds is 3. The van der Waals surface area contributed by atoms with Crippen LogP contribution in [-0.2, 0) is 11.3 Å². The van der Waals surface area contributed by atoms with Crippen LogP contribution in [0.2, 0.25) is 0 Å². The number of esters is 1. The van der Waals surface area contributed by atoms with E-state index in [1.165, 1.54) is 7.11 Å². The Hall–Kier alpha value is -1.55. The van der Waals surface area contributed by atoms with Crippen LogP contribution in [-0.4, -0.2) is 17.6 Å². The molecule has 0 spiro atoms. The Balaban J connectivity index is 2.54. The maximum absolute atomic E-state index is 11.9. The summed E-state index contributed by atoms with van der Waals surface area (Å²) in [4.78, 5) is 11.9. The number of ether oxygens (including phenoxy) is 1. The van der Waals surface area contributed by atoms with Gasteiger partial charge in [0.2, 0.25) is 0 Å². The molecule has 0 aliphatic carbocycles. The van der Waals surface area contributed by atoms with Gasteiger partial charge in [-0.15, -0.1) is 0 Å². The molecule has 2 rings (SSSR count). The minimum atomic E-state index is -0.306. The van der Waals surface area contributed by atoms with Crippen molar-refractivity contribution in [2.75, 3.05) is 7.11 Å². The predicted octanol–water partition coefficient (Wildman–Crippen LogP) is 3.72. The summed E-state index contributed by atoms with van der Waals surface area (Å²) in [5, 5.41) is 0. The van der Waals surface area contributed by atoms with Crippen LogP contribution in [0.3, 0.4) is 0 Å². The molecule has 18 heavy (non-hydrogen) atoms. The Kier molecular flexibility index (Phi) is 3.87. The van der Waals surface area contributed by atoms with Crippen molar-refractivity contribution < 1.29 is 9.53 Å². The smallest absolute Gasteiger partial charge is 0.355 e. The molecule has 0 saturated carbocycles. The molecule has 1 heterocycles. The van der Waals surface area contributed by atoms with E-state index in [0.29, 0.717) is 5.69 Å². The molecule has 94 valence electrons. The van der Waals surface area contributed by atoms with Gasteiger partial charge in [-0.1, -0.05) is 28.1 Å². The average Bonchev–Trinajstić information content (AvgIpc) is 2.82. The summed E-state index contributed by atoms with van der Waals surface area (Å²) >= 11 is 3.40. The summed E-state index contributed by atoms with van der Waals surface area (Å²) in [7, 11) is 1.40. The Labute approximate surface area is 115 Å². The van der Waals surface area contributed by atoms with Crippen molar-refractivity contribution in [3.8, 4) is 11.1 Å². The largest absolute Gasteiger partial charge is 0.464 e. The summed E-state index contributed by atoms with van der Waals surface area (Å²) in [5.41, 5.74) is 2.50. The van der Waals surface area contributed by atoms with Gasteiger partial charge in [-0.05, 0) is 30.7 Å². The molecule has 0 atom stereocenters. The fourth-order valence-corrected chi connectivity index (χ4v) is 2.19. The molecular formula is C14H14BrNO2. The zero-order chi connectivity index (χ0) is 13.1. The van der Waals surface area contributed by atoms with E-state index in [1.807, 2.05) is 48.0 Å². The summed E-state index contributed by atoms with van der Waals surface area (Å²) in [6.45, 7) is 2.73. The molecule has 4 heteroatoms. The van der Waals surface area contributed by atoms with Crippen LogP contribution < -0.4 is 0 Å². The molecule has 0 aliphatic rings. The first kappa shape index (κ1) is 12.9. The Morgan fingerprint density at radius 3 is 2.50 bits per heavy atom. The fraction of sp³-hybridized carbons (Fsp3) is 0.214. The third-order valence-electron chi connectivity index (χ3n) is 2.84. The van der Waals surface area contributed by atoms with Gasteiger partial charge in [0.05, 0.1) is 7.11 Å². The fourth-order valence-electron chi connectivity index (χ4n) is 1.92. The van der Waals surface area contributed by atoms with Gasteiger partial charge in [0.25, 0.3) is 0 Å². The van der Waals surface area contributed by atoms with Crippen LogP contribution in [0.5, 0.6) is 0 Å². The number of benzene rings is 1. The van der Waals surface area contributed by atoms with Gasteiger partial charge < -0.3 is 9.30 Å². The van der Waals surface area contributed by atoms with Gasteiger partial charge in [-0.25, -0.2) is 4.79 Å². The maximum Gasteiger partial charge on any atom is 0.355 e. The van der Waals surface area contributed by atoms with Crippen molar-refractivity contribution in [1.82, 2.24) is 4.57 Å². The van der Waals surface area contributed by atoms with E-state index >= 15 is 0 Å². The van der Waals surface area contributed by atoms with E-state index in [1.54, 1.807) is 0 Å². The summed E-state index contributed by atoms with van der Waals surface area (Å²) in [6.07, 6.45) is 1.91. The molecular weight excluding hydrogens is 294 g/mol. The van der Waals surface area contributed by atoms with Crippen molar-refractivity contribution in [2.45, 2.75) is 13.5 Å². The van der Waals surface area contributed by atoms with Crippen molar-refractivity contribution in [3.63, 3.8) is 0 Å². The van der Waals surface area contributed by atoms with Crippen molar-refractivity contribution in [2.24, 2.45) is 0 Å². The number of hydrogen-bond donors (Lipinski definition) is 0. The molecule has 1 aromatic carbocycles. The van der Waals surface area contributed by atoms with Gasteiger partial charge in [-0.2, -0.15) is 0 Å². The second kappa shape index (κ2) is 5.40. The average molecular weight is 308 g/mol. The summed E-state index contributed by atoms with van der Waals surface area (Å²) < 4.78 is 7.76. The molecule has 2 aromatic rings. The van der Waals surface area contributed by atoms with Crippen molar-refractivity contribution in [1.29, 1.82) is 0 Å². The van der Waals surface area contributed by atoms with E-state index in [2.05, 4.69) is 15.9 Å². The molecule has 0 amide bonds. The number of hydrogen-bond acceptors (Lipinski definition) is 2. The van der Waals surface area contributed by atoms with E-state index in [-0.39, 0.29) is 5.97 Å². The highest BCUT2D eigenvalue weighted by atomic mass is 79.9. The topological polar surface area (TPSA) is 31.2 Å². The van der Waals surface area contributed by atoms with Crippen LogP contribution in [0.1, 0.15) is 17.4 Å². The van der Waals surface area contributed by atoms with E-state index < -0.39 is 0 Å². The molecule has 0 N–H and O–H groups in total. The highest BCUT2D eigenvalue weighted by Gasteiger charge is 2.17. The number of nitrogens with zero attached hydrogens (tertiary/aromatic N) is 1. The van der Waals surface area contributed by atoms with Crippen LogP contribution in [0, 0.1) is 0 Å². The van der Waals surface area contributed by atoms with Gasteiger partial charge in [0, 0.05) is 22.8 Å². The number of halogens is 1. The molecule has 0 unspecified atom stereocenters. The lowest BCUT2D eigenvalue weighted by molar-refractivity contribution is 0.0589. The van der Waals surface area contributed by atoms with E-state index in [9.17, 15) is 4.79 Å². The first-order valence-electron chi connectivity index (χ1n) is 5.70. The van der Waals surface area contributed by atoms with E-state index in [0.717, 1.165) is 22.1 Å². The third-order valence-corrected chi connectivity index (χ3v) is 3.37. The van der Waals surface area contributed by atoms with Crippen LogP contribution in [0.4, 0.5) is 0 Å². The third kappa shape index (κ3) is 2.34. The minimum Gasteiger partial charge on any atom is -0.464 e. The highest BCUT2D eigenvalue weighted by molar-refractivity contribution is 9.10. The number of methoxy groups -OCH3 is 1. The second-order valence-electron chi connectivity index (χ2n) is 3.86. The Morgan fingerprint density at radius 1 is 1.28 bits per heavy atom. The zero-order valence-electron chi connectivity index (χ0n) is 10.3. The lowest BCUT2D eigenvalue weighted by Gasteiger charge is -2.07. The van der Waals surface area contributed by atoms with Crippen LogP contribution >= 0.6 is 15.9 Å². The quantitative estimate of drug-likeness (QED) is 0.809. The van der Waals surface area contributed by atoms with Crippen molar-refractivity contribution in [3.05, 3.63) is 46.7 Å². The first-order chi connectivity index (χ1) is 8.67. The molecule has 0 aliphatic heterocycles. The molecule has 0 saturated heterocycles. The number of aryl methyl sites for hydroxylation is 1. The molecule has 0 fully saturated rings. The maximum atomic E-state index is 11.9. The first-order valence-corrected chi connectivity index (χ1v) is 6.50. The number of carbonyl (C=O) groups is 1. The molecule has 0 bridgehead atoms. The lowest BCUT2D eigenvalue weighted by Crippen LogP contribution is -2.10. The zero-order valence-corrected chi connectivity index (χ0v) is 11.9. The van der Waals surface area contributed by atoms with Gasteiger partial charge >= 0.3 is 5.97 Å². The van der Waals surface area contributed by atoms with Gasteiger partial charge in [-0.3, -0.25) is 0 Å². The second-order valence-corrected chi connectivity index (χ2v) is 4.78. The SMILES string of the molecule is CCn1ccc(-c2ccc(Br)cc2)c1C(=O)OC. The van der Waals surface area contributed by atoms with Gasteiger partial charge in [0.1, 0.15) is 5.69 Å². The van der Waals surface area contributed by atoms with Crippen molar-refractivity contribution >= 4 is 21.9 Å². The normalized spacial score (nSPS) is 10.4. The predicted molar refractivity (Wildman–Crippen MR) is 74.6 cm³/mol. The molecule has 0 radical (unpaired) electrons. The van der Waals surface area contributed by atoms with E-state index in [4.69, 9.17) is 4.74 Å². The van der Waals surface area contributed by atoms with Crippen LogP contribution in [0.25, 0.3) is 11.1 Å². The molecule has 3 nitrogen and oxygen atoms in total. The lowest BCUT2D eigenvalue weighted by atomic mass is 10.1. The molecule has 1 aromatic heterocycles. The van der Waals surface area contributed by atoms with Crippen LogP contribution in [0.15, 0.2) is 41.0 Å². The van der Waals surface area contributed by atoms with Gasteiger partial charge in [0.15, 0.2) is 0 Å². The standard InChI is InChI=1S/C14H14BrNO2/c1-3-16-9-8-12(13(16)14(17)18-2)10-4-6-11(15)7-5-10/h4-9H,3H2,1-2H3. The highest BCUT2D eigenvalue weighted by Crippen LogP contribution is 2.27. The Bertz CT molecular complexity index is 558. The number of carbonyl (C=O) groups excluding carboxylic acids is 1. The monoisotopic (exact) mass is 307 g/mol.